The zero-order valence-corrected chi connectivity index (χ0v) is 20.6. The number of ether oxygens (including phenoxy) is 4. The minimum Gasteiger partial charge on any atom is -0.507 e. The molecule has 0 saturated carbocycles. The first kappa shape index (κ1) is 24.9. The average molecular weight is 502 g/mol. The molecule has 9 heteroatoms. The number of ketones is 1. The minimum absolute atomic E-state index is 0.0447. The summed E-state index contributed by atoms with van der Waals surface area (Å²) in [5.74, 6) is -0.594. The summed E-state index contributed by atoms with van der Waals surface area (Å²) in [4.78, 5) is 27.9. The van der Waals surface area contributed by atoms with E-state index in [0.717, 1.165) is 12.8 Å². The number of nitrogens with zero attached hydrogens (tertiary/aromatic N) is 1. The van der Waals surface area contributed by atoms with Crippen molar-refractivity contribution in [2.75, 3.05) is 34.0 Å². The van der Waals surface area contributed by atoms with Gasteiger partial charge in [-0.2, -0.15) is 0 Å². The molecular formula is C26H28ClNO7. The molecule has 0 spiro atoms. The van der Waals surface area contributed by atoms with Crippen LogP contribution in [0.2, 0.25) is 5.02 Å². The lowest BCUT2D eigenvalue weighted by molar-refractivity contribution is -0.140. The number of hydrogen-bond acceptors (Lipinski definition) is 7. The van der Waals surface area contributed by atoms with Crippen LogP contribution in [-0.4, -0.2) is 61.8 Å². The molecule has 0 radical (unpaired) electrons. The third-order valence-electron chi connectivity index (χ3n) is 6.20. The number of methoxy groups -OCH3 is 2. The molecule has 2 fully saturated rings. The van der Waals surface area contributed by atoms with Crippen LogP contribution in [0.25, 0.3) is 5.76 Å². The maximum atomic E-state index is 13.3. The first-order chi connectivity index (χ1) is 16.9. The van der Waals surface area contributed by atoms with Crippen LogP contribution >= 0.6 is 11.6 Å². The van der Waals surface area contributed by atoms with E-state index < -0.39 is 17.7 Å². The lowest BCUT2D eigenvalue weighted by Gasteiger charge is -2.27. The van der Waals surface area contributed by atoms with Crippen molar-refractivity contribution >= 4 is 29.1 Å². The largest absolute Gasteiger partial charge is 0.507 e. The summed E-state index contributed by atoms with van der Waals surface area (Å²) in [5.41, 5.74) is 0.798. The van der Waals surface area contributed by atoms with Gasteiger partial charge in [-0.15, -0.1) is 0 Å². The van der Waals surface area contributed by atoms with Crippen molar-refractivity contribution in [2.45, 2.75) is 31.9 Å². The zero-order valence-electron chi connectivity index (χ0n) is 19.9. The van der Waals surface area contributed by atoms with Gasteiger partial charge in [0.2, 0.25) is 0 Å². The van der Waals surface area contributed by atoms with Crippen molar-refractivity contribution in [3.8, 4) is 17.2 Å². The predicted molar refractivity (Wildman–Crippen MR) is 130 cm³/mol. The molecule has 2 heterocycles. The molecule has 0 aliphatic carbocycles. The number of amides is 1. The van der Waals surface area contributed by atoms with Gasteiger partial charge in [0, 0.05) is 19.2 Å². The molecule has 2 aromatic carbocycles. The fourth-order valence-electron chi connectivity index (χ4n) is 4.53. The molecule has 0 bridgehead atoms. The van der Waals surface area contributed by atoms with Gasteiger partial charge >= 0.3 is 0 Å². The number of hydrogen-bond donors (Lipinski definition) is 1. The third-order valence-corrected chi connectivity index (χ3v) is 6.50. The van der Waals surface area contributed by atoms with E-state index in [1.54, 1.807) is 24.3 Å². The lowest BCUT2D eigenvalue weighted by Crippen LogP contribution is -2.36. The highest BCUT2D eigenvalue weighted by atomic mass is 35.5. The number of rotatable bonds is 8. The molecular weight excluding hydrogens is 474 g/mol. The highest BCUT2D eigenvalue weighted by Gasteiger charge is 2.47. The average Bonchev–Trinajstić information content (AvgIpc) is 3.46. The highest BCUT2D eigenvalue weighted by Crippen LogP contribution is 2.43. The highest BCUT2D eigenvalue weighted by molar-refractivity contribution is 6.46. The molecule has 0 aromatic heterocycles. The van der Waals surface area contributed by atoms with Crippen LogP contribution in [0.4, 0.5) is 0 Å². The van der Waals surface area contributed by atoms with Crippen LogP contribution in [0.1, 0.15) is 36.9 Å². The SMILES string of the molecule is CCOc1ccc(C2/C(=C(\O)c3cc(Cl)c(OC)cc3OC)C(=O)C(=O)N2CC2CCCO2)cc1. The number of halogens is 1. The monoisotopic (exact) mass is 501 g/mol. The van der Waals surface area contributed by atoms with Gasteiger partial charge in [-0.1, -0.05) is 23.7 Å². The fraction of sp³-hybridized carbons (Fsp3) is 0.385. The number of Topliss-reactive ketones (excluding diaryl/α,β-unsaturated/α-hetero) is 1. The van der Waals surface area contributed by atoms with Gasteiger partial charge in [-0.25, -0.2) is 0 Å². The van der Waals surface area contributed by atoms with Crippen LogP contribution in [0.15, 0.2) is 42.0 Å². The summed E-state index contributed by atoms with van der Waals surface area (Å²) >= 11 is 6.31. The lowest BCUT2D eigenvalue weighted by atomic mass is 9.94. The second-order valence-corrected chi connectivity index (χ2v) is 8.68. The number of aliphatic hydroxyl groups is 1. The van der Waals surface area contributed by atoms with E-state index in [-0.39, 0.29) is 40.3 Å². The maximum absolute atomic E-state index is 13.3. The predicted octanol–water partition coefficient (Wildman–Crippen LogP) is 4.36. The Hall–Kier alpha value is -3.23. The zero-order chi connectivity index (χ0) is 25.1. The Morgan fingerprint density at radius 1 is 1.14 bits per heavy atom. The van der Waals surface area contributed by atoms with Gasteiger partial charge in [0.1, 0.15) is 23.0 Å². The summed E-state index contributed by atoms with van der Waals surface area (Å²) in [6.07, 6.45) is 1.51. The van der Waals surface area contributed by atoms with E-state index in [1.165, 1.54) is 31.3 Å². The molecule has 4 rings (SSSR count). The Balaban J connectivity index is 1.85. The molecule has 2 aromatic rings. The second-order valence-electron chi connectivity index (χ2n) is 8.28. The van der Waals surface area contributed by atoms with Crippen molar-refractivity contribution < 1.29 is 33.6 Å². The van der Waals surface area contributed by atoms with E-state index >= 15 is 0 Å². The van der Waals surface area contributed by atoms with E-state index in [0.29, 0.717) is 30.3 Å². The normalized spacial score (nSPS) is 21.4. The number of likely N-dealkylation sites (tertiary alicyclic amines) is 1. The van der Waals surface area contributed by atoms with Crippen LogP contribution in [-0.2, 0) is 14.3 Å². The van der Waals surface area contributed by atoms with Gasteiger partial charge in [-0.05, 0) is 43.5 Å². The first-order valence-electron chi connectivity index (χ1n) is 11.4. The standard InChI is InChI=1S/C26H28ClNO7/c1-4-34-16-9-7-15(8-10-16)23-22(25(30)26(31)28(23)14-17-6-5-11-35-17)24(29)18-12-19(27)21(33-3)13-20(18)32-2/h7-10,12-13,17,23,29H,4-6,11,14H2,1-3H3/b24-22+. The van der Waals surface area contributed by atoms with Gasteiger partial charge < -0.3 is 29.0 Å². The van der Waals surface area contributed by atoms with Crippen molar-refractivity contribution in [3.63, 3.8) is 0 Å². The summed E-state index contributed by atoms with van der Waals surface area (Å²) in [5, 5.41) is 11.6. The van der Waals surface area contributed by atoms with Crippen LogP contribution in [0.3, 0.4) is 0 Å². The number of carbonyl (C=O) groups excluding carboxylic acids is 2. The summed E-state index contributed by atoms with van der Waals surface area (Å²) in [7, 11) is 2.89. The summed E-state index contributed by atoms with van der Waals surface area (Å²) < 4.78 is 21.9. The number of carbonyl (C=O) groups is 2. The molecule has 2 unspecified atom stereocenters. The van der Waals surface area contributed by atoms with E-state index in [4.69, 9.17) is 30.5 Å². The molecule has 8 nitrogen and oxygen atoms in total. The smallest absolute Gasteiger partial charge is 0.295 e. The second kappa shape index (κ2) is 10.6. The summed E-state index contributed by atoms with van der Waals surface area (Å²) in [6.45, 7) is 3.25. The molecule has 2 atom stereocenters. The number of benzene rings is 2. The fourth-order valence-corrected chi connectivity index (χ4v) is 4.77. The molecule has 2 aliphatic rings. The Morgan fingerprint density at radius 3 is 2.46 bits per heavy atom. The van der Waals surface area contributed by atoms with E-state index in [1.807, 2.05) is 6.92 Å². The van der Waals surface area contributed by atoms with Crippen molar-refractivity contribution in [3.05, 3.63) is 58.1 Å². The van der Waals surface area contributed by atoms with Gasteiger partial charge in [0.25, 0.3) is 11.7 Å². The van der Waals surface area contributed by atoms with Gasteiger partial charge in [0.05, 0.1) is 49.1 Å². The molecule has 1 amide bonds. The Bertz CT molecular complexity index is 1140. The van der Waals surface area contributed by atoms with Crippen LogP contribution < -0.4 is 14.2 Å². The van der Waals surface area contributed by atoms with Crippen molar-refractivity contribution in [2.24, 2.45) is 0 Å². The third kappa shape index (κ3) is 4.81. The Kier molecular flexibility index (Phi) is 7.52. The maximum Gasteiger partial charge on any atom is 0.295 e. The van der Waals surface area contributed by atoms with Crippen molar-refractivity contribution in [1.82, 2.24) is 4.90 Å². The topological polar surface area (TPSA) is 94.5 Å². The molecule has 1 N–H and O–H groups in total. The first-order valence-corrected chi connectivity index (χ1v) is 11.8. The van der Waals surface area contributed by atoms with E-state index in [9.17, 15) is 14.7 Å². The van der Waals surface area contributed by atoms with Gasteiger partial charge in [0.15, 0.2) is 0 Å². The number of aliphatic hydroxyl groups excluding tert-OH is 1. The van der Waals surface area contributed by atoms with Crippen LogP contribution in [0.5, 0.6) is 17.2 Å². The molecule has 186 valence electrons. The summed E-state index contributed by atoms with van der Waals surface area (Å²) in [6, 6.07) is 9.28. The van der Waals surface area contributed by atoms with E-state index in [2.05, 4.69) is 0 Å². The quantitative estimate of drug-likeness (QED) is 0.326. The molecule has 2 saturated heterocycles. The van der Waals surface area contributed by atoms with Gasteiger partial charge in [-0.3, -0.25) is 9.59 Å². The molecule has 2 aliphatic heterocycles. The molecule has 35 heavy (non-hydrogen) atoms. The minimum atomic E-state index is -0.819. The van der Waals surface area contributed by atoms with Crippen LogP contribution in [0, 0.1) is 0 Å². The Morgan fingerprint density at radius 2 is 1.86 bits per heavy atom. The Labute approximate surface area is 209 Å². The van der Waals surface area contributed by atoms with Crippen molar-refractivity contribution in [1.29, 1.82) is 0 Å².